The largest absolute Gasteiger partial charge is 0.378 e. The molecule has 8 heteroatoms. The Morgan fingerprint density at radius 3 is 1.90 bits per heavy atom. The third kappa shape index (κ3) is 7.35. The van der Waals surface area contributed by atoms with Crippen molar-refractivity contribution < 1.29 is 14.0 Å². The van der Waals surface area contributed by atoms with Crippen LogP contribution < -0.4 is 15.1 Å². The van der Waals surface area contributed by atoms with E-state index in [-0.39, 0.29) is 17.0 Å². The van der Waals surface area contributed by atoms with Crippen molar-refractivity contribution in [3.05, 3.63) is 94.8 Å². The molecule has 0 saturated carbocycles. The van der Waals surface area contributed by atoms with E-state index in [0.29, 0.717) is 26.1 Å². The van der Waals surface area contributed by atoms with Crippen molar-refractivity contribution in [3.63, 3.8) is 0 Å². The van der Waals surface area contributed by atoms with Gasteiger partial charge in [0.05, 0.1) is 11.1 Å². The lowest BCUT2D eigenvalue weighted by Crippen LogP contribution is -2.48. The maximum absolute atomic E-state index is 14.1. The summed E-state index contributed by atoms with van der Waals surface area (Å²) in [6, 6.07) is 20.4. The molecule has 1 heterocycles. The molecule has 0 radical (unpaired) electrons. The number of carbonyl (C=O) groups excluding carboxylic acids is 2. The second-order valence-electron chi connectivity index (χ2n) is 10.4. The van der Waals surface area contributed by atoms with Crippen LogP contribution in [-0.2, 0) is 13.0 Å². The SMILES string of the molecule is CN(C)c1ccc(CCNC(=O)c2cc(F)ccc2C(=O)N2CCN(Cc3ccc(N(C)C)cc3)CC2)cc1. The van der Waals surface area contributed by atoms with Gasteiger partial charge < -0.3 is 20.0 Å². The summed E-state index contributed by atoms with van der Waals surface area (Å²) in [4.78, 5) is 34.5. The van der Waals surface area contributed by atoms with Gasteiger partial charge in [-0.25, -0.2) is 4.39 Å². The van der Waals surface area contributed by atoms with Gasteiger partial charge in [0.15, 0.2) is 0 Å². The molecule has 0 atom stereocenters. The highest BCUT2D eigenvalue weighted by Crippen LogP contribution is 2.18. The Hall–Kier alpha value is -3.91. The molecule has 206 valence electrons. The van der Waals surface area contributed by atoms with Gasteiger partial charge >= 0.3 is 0 Å². The maximum atomic E-state index is 14.1. The highest BCUT2D eigenvalue weighted by atomic mass is 19.1. The summed E-state index contributed by atoms with van der Waals surface area (Å²) in [6.07, 6.45) is 0.637. The van der Waals surface area contributed by atoms with E-state index in [2.05, 4.69) is 39.4 Å². The van der Waals surface area contributed by atoms with Crippen molar-refractivity contribution in [2.75, 3.05) is 70.7 Å². The van der Waals surface area contributed by atoms with Gasteiger partial charge in [-0.1, -0.05) is 24.3 Å². The molecule has 0 aliphatic carbocycles. The first-order valence-electron chi connectivity index (χ1n) is 13.3. The smallest absolute Gasteiger partial charge is 0.254 e. The molecular formula is C31H38FN5O2. The quantitative estimate of drug-likeness (QED) is 0.454. The van der Waals surface area contributed by atoms with Gasteiger partial charge in [0.1, 0.15) is 5.82 Å². The maximum Gasteiger partial charge on any atom is 0.254 e. The van der Waals surface area contributed by atoms with E-state index in [1.165, 1.54) is 17.7 Å². The van der Waals surface area contributed by atoms with Crippen molar-refractivity contribution in [1.82, 2.24) is 15.1 Å². The van der Waals surface area contributed by atoms with Crippen LogP contribution in [0, 0.1) is 5.82 Å². The summed E-state index contributed by atoms with van der Waals surface area (Å²) in [5.74, 6) is -1.22. The van der Waals surface area contributed by atoms with Crippen molar-refractivity contribution in [1.29, 1.82) is 0 Å². The molecule has 0 bridgehead atoms. The normalized spacial score (nSPS) is 13.7. The first kappa shape index (κ1) is 28.1. The number of amides is 2. The number of nitrogens with one attached hydrogen (secondary N) is 1. The topological polar surface area (TPSA) is 59.1 Å². The number of hydrogen-bond donors (Lipinski definition) is 1. The monoisotopic (exact) mass is 531 g/mol. The second kappa shape index (κ2) is 12.8. The van der Waals surface area contributed by atoms with Gasteiger partial charge in [-0.3, -0.25) is 14.5 Å². The van der Waals surface area contributed by atoms with Gasteiger partial charge in [0.25, 0.3) is 11.8 Å². The molecule has 39 heavy (non-hydrogen) atoms. The van der Waals surface area contributed by atoms with E-state index in [9.17, 15) is 14.0 Å². The molecule has 2 amide bonds. The van der Waals surface area contributed by atoms with Crippen LogP contribution in [0.5, 0.6) is 0 Å². The third-order valence-electron chi connectivity index (χ3n) is 7.13. The van der Waals surface area contributed by atoms with Crippen LogP contribution in [0.25, 0.3) is 0 Å². The molecule has 1 aliphatic rings. The van der Waals surface area contributed by atoms with Crippen molar-refractivity contribution in [2.24, 2.45) is 0 Å². The predicted octanol–water partition coefficient (Wildman–Crippen LogP) is 3.89. The molecule has 0 aromatic heterocycles. The highest BCUT2D eigenvalue weighted by Gasteiger charge is 2.26. The second-order valence-corrected chi connectivity index (χ2v) is 10.4. The fourth-order valence-electron chi connectivity index (χ4n) is 4.70. The van der Waals surface area contributed by atoms with E-state index < -0.39 is 11.7 Å². The zero-order valence-corrected chi connectivity index (χ0v) is 23.3. The van der Waals surface area contributed by atoms with E-state index in [4.69, 9.17) is 0 Å². The minimum atomic E-state index is -0.541. The minimum Gasteiger partial charge on any atom is -0.378 e. The van der Waals surface area contributed by atoms with E-state index in [0.717, 1.165) is 42.6 Å². The van der Waals surface area contributed by atoms with E-state index in [1.807, 2.05) is 57.4 Å². The lowest BCUT2D eigenvalue weighted by molar-refractivity contribution is 0.0624. The molecule has 1 N–H and O–H groups in total. The Kier molecular flexibility index (Phi) is 9.19. The fraction of sp³-hybridized carbons (Fsp3) is 0.355. The minimum absolute atomic E-state index is 0.0753. The fourth-order valence-corrected chi connectivity index (χ4v) is 4.70. The van der Waals surface area contributed by atoms with Gasteiger partial charge in [-0.15, -0.1) is 0 Å². The van der Waals surface area contributed by atoms with Gasteiger partial charge in [0.2, 0.25) is 0 Å². The average molecular weight is 532 g/mol. The molecule has 4 rings (SSSR count). The summed E-state index contributed by atoms with van der Waals surface area (Å²) in [7, 11) is 8.01. The van der Waals surface area contributed by atoms with Crippen LogP contribution in [0.1, 0.15) is 31.8 Å². The number of carbonyl (C=O) groups is 2. The number of rotatable bonds is 9. The molecule has 7 nitrogen and oxygen atoms in total. The van der Waals surface area contributed by atoms with Crippen molar-refractivity contribution in [2.45, 2.75) is 13.0 Å². The van der Waals surface area contributed by atoms with E-state index >= 15 is 0 Å². The summed E-state index contributed by atoms with van der Waals surface area (Å²) in [5, 5.41) is 2.86. The number of halogens is 1. The van der Waals surface area contributed by atoms with Crippen LogP contribution in [0.15, 0.2) is 66.7 Å². The zero-order chi connectivity index (χ0) is 27.9. The van der Waals surface area contributed by atoms with Crippen LogP contribution in [0.3, 0.4) is 0 Å². The summed E-state index contributed by atoms with van der Waals surface area (Å²) in [6.45, 7) is 3.77. The lowest BCUT2D eigenvalue weighted by atomic mass is 10.0. The Bertz CT molecular complexity index is 1270. The van der Waals surface area contributed by atoms with Crippen LogP contribution in [-0.4, -0.2) is 82.5 Å². The number of hydrogen-bond acceptors (Lipinski definition) is 5. The Morgan fingerprint density at radius 1 is 0.769 bits per heavy atom. The highest BCUT2D eigenvalue weighted by molar-refractivity contribution is 6.07. The number of nitrogens with zero attached hydrogens (tertiary/aromatic N) is 4. The Labute approximate surface area is 230 Å². The number of benzene rings is 3. The molecular weight excluding hydrogens is 493 g/mol. The number of piperazine rings is 1. The zero-order valence-electron chi connectivity index (χ0n) is 23.3. The summed E-state index contributed by atoms with van der Waals surface area (Å²) < 4.78 is 14.1. The molecule has 1 saturated heterocycles. The third-order valence-corrected chi connectivity index (χ3v) is 7.13. The lowest BCUT2D eigenvalue weighted by Gasteiger charge is -2.35. The molecule has 0 unspecified atom stereocenters. The van der Waals surface area contributed by atoms with Crippen molar-refractivity contribution >= 4 is 23.2 Å². The Morgan fingerprint density at radius 2 is 1.33 bits per heavy atom. The molecule has 1 fully saturated rings. The first-order chi connectivity index (χ1) is 18.7. The van der Waals surface area contributed by atoms with Crippen LogP contribution in [0.2, 0.25) is 0 Å². The van der Waals surface area contributed by atoms with E-state index in [1.54, 1.807) is 4.90 Å². The van der Waals surface area contributed by atoms with Gasteiger partial charge in [0, 0.05) is 78.8 Å². The predicted molar refractivity (Wildman–Crippen MR) is 155 cm³/mol. The molecule has 0 spiro atoms. The Balaban J connectivity index is 1.33. The molecule has 3 aromatic carbocycles. The van der Waals surface area contributed by atoms with Crippen LogP contribution in [0.4, 0.5) is 15.8 Å². The van der Waals surface area contributed by atoms with Crippen molar-refractivity contribution in [3.8, 4) is 0 Å². The standard InChI is InChI=1S/C31H38FN5O2/c1-34(2)26-10-5-23(6-11-26)15-16-33-30(38)29-21-25(32)9-14-28(29)31(39)37-19-17-36(18-20-37)22-24-7-12-27(13-8-24)35(3)4/h5-14,21H,15-20,22H2,1-4H3,(H,33,38). The van der Waals surface area contributed by atoms with Crippen LogP contribution >= 0.6 is 0 Å². The van der Waals surface area contributed by atoms with Gasteiger partial charge in [-0.2, -0.15) is 0 Å². The summed E-state index contributed by atoms with van der Waals surface area (Å²) in [5.41, 5.74) is 4.88. The molecule has 3 aromatic rings. The summed E-state index contributed by atoms with van der Waals surface area (Å²) >= 11 is 0. The number of anilines is 2. The first-order valence-corrected chi connectivity index (χ1v) is 13.3. The molecule has 1 aliphatic heterocycles. The van der Waals surface area contributed by atoms with Gasteiger partial charge in [-0.05, 0) is 60.0 Å². The average Bonchev–Trinajstić information content (AvgIpc) is 2.93.